The number of aromatic nitrogens is 1. The maximum Gasteiger partial charge on any atom is 0.120 e. The quantitative estimate of drug-likeness (QED) is 0.814. The van der Waals surface area contributed by atoms with Crippen molar-refractivity contribution < 1.29 is 4.74 Å². The molecule has 0 aliphatic heterocycles. The lowest BCUT2D eigenvalue weighted by atomic mass is 10.2. The van der Waals surface area contributed by atoms with Crippen LogP contribution < -0.4 is 4.74 Å². The molecule has 0 saturated heterocycles. The number of hydrogen-bond acceptors (Lipinski definition) is 2. The van der Waals surface area contributed by atoms with Gasteiger partial charge < -0.3 is 4.74 Å². The predicted octanol–water partition coefficient (Wildman–Crippen LogP) is 4.55. The van der Waals surface area contributed by atoms with Crippen LogP contribution in [-0.4, -0.2) is 11.6 Å². The summed E-state index contributed by atoms with van der Waals surface area (Å²) < 4.78 is 7.56. The summed E-state index contributed by atoms with van der Waals surface area (Å²) in [7, 11) is 0. The summed E-state index contributed by atoms with van der Waals surface area (Å²) in [5.74, 6) is 0.884. The van der Waals surface area contributed by atoms with Crippen molar-refractivity contribution in [3.63, 3.8) is 0 Å². The van der Waals surface area contributed by atoms with E-state index in [2.05, 4.69) is 43.8 Å². The number of fused-ring (bicyclic) bond motifs is 1. The molecule has 0 N–H and O–H groups in total. The summed E-state index contributed by atoms with van der Waals surface area (Å²) in [6, 6.07) is 5.93. The van der Waals surface area contributed by atoms with Gasteiger partial charge in [0, 0.05) is 16.1 Å². The molecule has 2 rings (SSSR count). The van der Waals surface area contributed by atoms with E-state index >= 15 is 0 Å². The molecule has 0 spiro atoms. The monoisotopic (exact) mass is 343 g/mol. The van der Waals surface area contributed by atoms with Crippen molar-refractivity contribution >= 4 is 42.8 Å². The second-order valence-corrected chi connectivity index (χ2v) is 5.09. The molecule has 0 amide bonds. The molecule has 0 atom stereocenters. The number of ether oxygens (including phenoxy) is 1. The van der Waals surface area contributed by atoms with Gasteiger partial charge in [-0.25, -0.2) is 0 Å². The van der Waals surface area contributed by atoms with Crippen LogP contribution >= 0.6 is 31.9 Å². The zero-order chi connectivity index (χ0) is 11.5. The van der Waals surface area contributed by atoms with Gasteiger partial charge in [-0.05, 0) is 56.5 Å². The molecule has 0 unspecified atom stereocenters. The van der Waals surface area contributed by atoms with Crippen LogP contribution in [0.2, 0.25) is 0 Å². The molecule has 84 valence electrons. The van der Waals surface area contributed by atoms with Gasteiger partial charge >= 0.3 is 0 Å². The molecule has 0 saturated carbocycles. The molecule has 0 fully saturated rings. The highest BCUT2D eigenvalue weighted by atomic mass is 79.9. The SMILES string of the molecule is CCCOc1ccc2ncc(Br)c(Br)c2c1. The number of nitrogens with zero attached hydrogens (tertiary/aromatic N) is 1. The summed E-state index contributed by atoms with van der Waals surface area (Å²) in [6.45, 7) is 2.83. The van der Waals surface area contributed by atoms with Crippen molar-refractivity contribution in [2.45, 2.75) is 13.3 Å². The van der Waals surface area contributed by atoms with Gasteiger partial charge in [-0.1, -0.05) is 6.92 Å². The largest absolute Gasteiger partial charge is 0.494 e. The van der Waals surface area contributed by atoms with Crippen LogP contribution in [0.1, 0.15) is 13.3 Å². The Hall–Kier alpha value is -0.610. The summed E-state index contributed by atoms with van der Waals surface area (Å²) in [5, 5.41) is 1.06. The van der Waals surface area contributed by atoms with Crippen LogP contribution in [0.25, 0.3) is 10.9 Å². The zero-order valence-electron chi connectivity index (χ0n) is 8.84. The lowest BCUT2D eigenvalue weighted by Crippen LogP contribution is -1.95. The smallest absolute Gasteiger partial charge is 0.120 e. The number of rotatable bonds is 3. The third kappa shape index (κ3) is 2.38. The first-order valence-electron chi connectivity index (χ1n) is 5.09. The van der Waals surface area contributed by atoms with Gasteiger partial charge in [0.05, 0.1) is 16.6 Å². The van der Waals surface area contributed by atoms with E-state index < -0.39 is 0 Å². The molecule has 1 heterocycles. The second kappa shape index (κ2) is 5.15. The van der Waals surface area contributed by atoms with Crippen LogP contribution in [0.5, 0.6) is 5.75 Å². The highest BCUT2D eigenvalue weighted by molar-refractivity contribution is 9.13. The first-order valence-corrected chi connectivity index (χ1v) is 6.67. The van der Waals surface area contributed by atoms with Crippen molar-refractivity contribution in [3.8, 4) is 5.75 Å². The molecule has 16 heavy (non-hydrogen) atoms. The maximum atomic E-state index is 5.59. The van der Waals surface area contributed by atoms with Crippen LogP contribution in [0, 0.1) is 0 Å². The van der Waals surface area contributed by atoms with Gasteiger partial charge in [-0.15, -0.1) is 0 Å². The van der Waals surface area contributed by atoms with E-state index in [1.54, 1.807) is 6.20 Å². The minimum atomic E-state index is 0.741. The lowest BCUT2D eigenvalue weighted by molar-refractivity contribution is 0.318. The Bertz CT molecular complexity index is 514. The molecule has 0 aliphatic rings. The highest BCUT2D eigenvalue weighted by Gasteiger charge is 2.05. The molecule has 1 aromatic carbocycles. The van der Waals surface area contributed by atoms with Crippen molar-refractivity contribution in [2.75, 3.05) is 6.61 Å². The van der Waals surface area contributed by atoms with Crippen molar-refractivity contribution in [1.82, 2.24) is 4.98 Å². The summed E-state index contributed by atoms with van der Waals surface area (Å²) in [4.78, 5) is 4.33. The maximum absolute atomic E-state index is 5.59. The molecule has 0 bridgehead atoms. The van der Waals surface area contributed by atoms with E-state index in [1.165, 1.54) is 0 Å². The molecule has 4 heteroatoms. The first kappa shape index (κ1) is 11.9. The van der Waals surface area contributed by atoms with E-state index in [-0.39, 0.29) is 0 Å². The van der Waals surface area contributed by atoms with Gasteiger partial charge in [0.1, 0.15) is 5.75 Å². The van der Waals surface area contributed by atoms with Crippen LogP contribution in [0.15, 0.2) is 33.3 Å². The first-order chi connectivity index (χ1) is 7.72. The van der Waals surface area contributed by atoms with Gasteiger partial charge in [0.15, 0.2) is 0 Å². The fraction of sp³-hybridized carbons (Fsp3) is 0.250. The van der Waals surface area contributed by atoms with E-state index in [4.69, 9.17) is 4.74 Å². The van der Waals surface area contributed by atoms with Crippen LogP contribution in [0.3, 0.4) is 0 Å². The van der Waals surface area contributed by atoms with Crippen molar-refractivity contribution in [1.29, 1.82) is 0 Å². The van der Waals surface area contributed by atoms with Gasteiger partial charge in [0.2, 0.25) is 0 Å². The fourth-order valence-electron chi connectivity index (χ4n) is 1.42. The van der Waals surface area contributed by atoms with Crippen molar-refractivity contribution in [2.24, 2.45) is 0 Å². The molecule has 0 aliphatic carbocycles. The minimum absolute atomic E-state index is 0.741. The average Bonchev–Trinajstić information content (AvgIpc) is 2.31. The third-order valence-electron chi connectivity index (χ3n) is 2.20. The van der Waals surface area contributed by atoms with E-state index in [9.17, 15) is 0 Å². The Morgan fingerprint density at radius 1 is 1.31 bits per heavy atom. The summed E-state index contributed by atoms with van der Waals surface area (Å²) in [5.41, 5.74) is 0.957. The molecule has 1 aromatic heterocycles. The Morgan fingerprint density at radius 2 is 2.12 bits per heavy atom. The molecular weight excluding hydrogens is 334 g/mol. The third-order valence-corrected chi connectivity index (χ3v) is 4.19. The minimum Gasteiger partial charge on any atom is -0.494 e. The second-order valence-electron chi connectivity index (χ2n) is 3.45. The standard InChI is InChI=1S/C12H11Br2NO/c1-2-5-16-8-3-4-11-9(6-8)12(14)10(13)7-15-11/h3-4,6-7H,2,5H2,1H3. The van der Waals surface area contributed by atoms with E-state index in [0.29, 0.717) is 0 Å². The summed E-state index contributed by atoms with van der Waals surface area (Å²) >= 11 is 6.98. The summed E-state index contributed by atoms with van der Waals surface area (Å²) in [6.07, 6.45) is 2.80. The lowest BCUT2D eigenvalue weighted by Gasteiger charge is -2.07. The van der Waals surface area contributed by atoms with Gasteiger partial charge in [-0.2, -0.15) is 0 Å². The molecule has 0 radical (unpaired) electrons. The van der Waals surface area contributed by atoms with Crippen LogP contribution in [0.4, 0.5) is 0 Å². The Kier molecular flexibility index (Phi) is 3.82. The number of halogens is 2. The van der Waals surface area contributed by atoms with Crippen molar-refractivity contribution in [3.05, 3.63) is 33.3 Å². The highest BCUT2D eigenvalue weighted by Crippen LogP contribution is 2.31. The number of hydrogen-bond donors (Lipinski definition) is 0. The van der Waals surface area contributed by atoms with E-state index in [1.807, 2.05) is 18.2 Å². The fourth-order valence-corrected chi connectivity index (χ4v) is 2.16. The molecule has 2 nitrogen and oxygen atoms in total. The average molecular weight is 345 g/mol. The Balaban J connectivity index is 2.47. The number of benzene rings is 1. The van der Waals surface area contributed by atoms with Crippen LogP contribution in [-0.2, 0) is 0 Å². The molecule has 2 aromatic rings. The Morgan fingerprint density at radius 3 is 2.88 bits per heavy atom. The van der Waals surface area contributed by atoms with E-state index in [0.717, 1.165) is 38.6 Å². The normalized spacial score (nSPS) is 10.7. The molecular formula is C12H11Br2NO. The topological polar surface area (TPSA) is 22.1 Å². The van der Waals surface area contributed by atoms with Gasteiger partial charge in [-0.3, -0.25) is 4.98 Å². The number of pyridine rings is 1. The predicted molar refractivity (Wildman–Crippen MR) is 72.9 cm³/mol. The Labute approximate surface area is 111 Å². The zero-order valence-corrected chi connectivity index (χ0v) is 12.0. The van der Waals surface area contributed by atoms with Gasteiger partial charge in [0.25, 0.3) is 0 Å².